The number of benzene rings is 2. The van der Waals surface area contributed by atoms with E-state index in [0.29, 0.717) is 23.1 Å². The van der Waals surface area contributed by atoms with Gasteiger partial charge >= 0.3 is 0 Å². The fourth-order valence-corrected chi connectivity index (χ4v) is 2.86. The summed E-state index contributed by atoms with van der Waals surface area (Å²) >= 11 is 6.17. The van der Waals surface area contributed by atoms with E-state index in [1.54, 1.807) is 0 Å². The summed E-state index contributed by atoms with van der Waals surface area (Å²) in [4.78, 5) is 0. The van der Waals surface area contributed by atoms with Crippen LogP contribution in [0.15, 0.2) is 36.4 Å². The molecule has 3 rings (SSSR count). The van der Waals surface area contributed by atoms with Crippen LogP contribution < -0.4 is 15.2 Å². The molecule has 1 aliphatic heterocycles. The van der Waals surface area contributed by atoms with Crippen LogP contribution in [0.4, 0.5) is 0 Å². The zero-order valence-electron chi connectivity index (χ0n) is 12.2. The van der Waals surface area contributed by atoms with Crippen molar-refractivity contribution < 1.29 is 9.47 Å². The first kappa shape index (κ1) is 14.2. The van der Waals surface area contributed by atoms with Crippen molar-refractivity contribution >= 4 is 11.6 Å². The van der Waals surface area contributed by atoms with Gasteiger partial charge in [-0.1, -0.05) is 29.8 Å². The van der Waals surface area contributed by atoms with Crippen molar-refractivity contribution in [3.8, 4) is 17.2 Å². The molecule has 0 radical (unpaired) electrons. The highest BCUT2D eigenvalue weighted by Crippen LogP contribution is 2.44. The second-order valence-corrected chi connectivity index (χ2v) is 6.21. The van der Waals surface area contributed by atoms with Crippen LogP contribution in [-0.2, 0) is 13.0 Å². The molecule has 0 aromatic heterocycles. The van der Waals surface area contributed by atoms with E-state index in [4.69, 9.17) is 26.8 Å². The molecule has 0 saturated heterocycles. The summed E-state index contributed by atoms with van der Waals surface area (Å²) in [6.45, 7) is 4.47. The van der Waals surface area contributed by atoms with Crippen molar-refractivity contribution in [1.82, 2.24) is 0 Å². The van der Waals surface area contributed by atoms with Crippen LogP contribution in [-0.4, -0.2) is 5.60 Å². The van der Waals surface area contributed by atoms with Gasteiger partial charge in [0.15, 0.2) is 11.5 Å². The highest BCUT2D eigenvalue weighted by Gasteiger charge is 2.32. The Balaban J connectivity index is 1.98. The van der Waals surface area contributed by atoms with Gasteiger partial charge in [-0.3, -0.25) is 0 Å². The Morgan fingerprint density at radius 3 is 2.67 bits per heavy atom. The lowest BCUT2D eigenvalue weighted by Gasteiger charge is -2.18. The van der Waals surface area contributed by atoms with E-state index in [9.17, 15) is 0 Å². The number of hydrogen-bond donors (Lipinski definition) is 1. The molecule has 1 aliphatic rings. The SMILES string of the molecule is CC1(C)Cc2cccc(Oc3cccc(Cl)c3CN)c2O1. The van der Waals surface area contributed by atoms with Crippen LogP contribution in [0.5, 0.6) is 17.2 Å². The van der Waals surface area contributed by atoms with E-state index < -0.39 is 0 Å². The molecule has 0 spiro atoms. The van der Waals surface area contributed by atoms with Crippen molar-refractivity contribution in [2.75, 3.05) is 0 Å². The Labute approximate surface area is 129 Å². The van der Waals surface area contributed by atoms with Crippen LogP contribution in [0, 0.1) is 0 Å². The van der Waals surface area contributed by atoms with Gasteiger partial charge in [-0.05, 0) is 32.0 Å². The van der Waals surface area contributed by atoms with Crippen LogP contribution in [0.3, 0.4) is 0 Å². The molecule has 0 atom stereocenters. The summed E-state index contributed by atoms with van der Waals surface area (Å²) < 4.78 is 12.0. The van der Waals surface area contributed by atoms with Crippen molar-refractivity contribution in [3.05, 3.63) is 52.5 Å². The third kappa shape index (κ3) is 2.71. The predicted molar refractivity (Wildman–Crippen MR) is 84.3 cm³/mol. The lowest BCUT2D eigenvalue weighted by molar-refractivity contribution is 0.135. The monoisotopic (exact) mass is 303 g/mol. The van der Waals surface area contributed by atoms with Gasteiger partial charge in [0.25, 0.3) is 0 Å². The molecule has 110 valence electrons. The van der Waals surface area contributed by atoms with Crippen LogP contribution in [0.1, 0.15) is 25.0 Å². The maximum atomic E-state index is 6.17. The highest BCUT2D eigenvalue weighted by atomic mass is 35.5. The molecule has 0 saturated carbocycles. The summed E-state index contributed by atoms with van der Waals surface area (Å²) in [5.74, 6) is 2.19. The number of para-hydroxylation sites is 1. The van der Waals surface area contributed by atoms with Crippen LogP contribution >= 0.6 is 11.6 Å². The van der Waals surface area contributed by atoms with E-state index in [0.717, 1.165) is 23.3 Å². The lowest BCUT2D eigenvalue weighted by Crippen LogP contribution is -2.24. The molecule has 0 fully saturated rings. The Morgan fingerprint density at radius 2 is 1.90 bits per heavy atom. The molecule has 4 heteroatoms. The fourth-order valence-electron chi connectivity index (χ4n) is 2.62. The lowest BCUT2D eigenvalue weighted by atomic mass is 10.0. The fraction of sp³-hybridized carbons (Fsp3) is 0.294. The maximum Gasteiger partial charge on any atom is 0.169 e. The average Bonchev–Trinajstić information content (AvgIpc) is 2.74. The normalized spacial score (nSPS) is 15.4. The zero-order valence-corrected chi connectivity index (χ0v) is 12.9. The number of nitrogens with two attached hydrogens (primary N) is 1. The van der Waals surface area contributed by atoms with Crippen LogP contribution in [0.25, 0.3) is 0 Å². The number of rotatable bonds is 3. The molecule has 2 N–H and O–H groups in total. The van der Waals surface area contributed by atoms with Crippen LogP contribution in [0.2, 0.25) is 5.02 Å². The summed E-state index contributed by atoms with van der Waals surface area (Å²) in [7, 11) is 0. The van der Waals surface area contributed by atoms with E-state index in [2.05, 4.69) is 19.9 Å². The predicted octanol–water partition coefficient (Wildman–Crippen LogP) is 4.30. The minimum absolute atomic E-state index is 0.202. The number of halogens is 1. The first-order valence-corrected chi connectivity index (χ1v) is 7.34. The quantitative estimate of drug-likeness (QED) is 0.919. The number of hydrogen-bond acceptors (Lipinski definition) is 3. The molecule has 3 nitrogen and oxygen atoms in total. The second kappa shape index (κ2) is 5.24. The summed E-state index contributed by atoms with van der Waals surface area (Å²) in [6, 6.07) is 11.5. The molecule has 21 heavy (non-hydrogen) atoms. The van der Waals surface area contributed by atoms with Gasteiger partial charge in [0.05, 0.1) is 0 Å². The van der Waals surface area contributed by atoms with Gasteiger partial charge < -0.3 is 15.2 Å². The first-order chi connectivity index (χ1) is 10.00. The maximum absolute atomic E-state index is 6.17. The van der Waals surface area contributed by atoms with Crippen molar-refractivity contribution in [3.63, 3.8) is 0 Å². The molecule has 2 aromatic carbocycles. The molecule has 2 aromatic rings. The Hall–Kier alpha value is -1.71. The molecular formula is C17H18ClNO2. The zero-order chi connectivity index (χ0) is 15.0. The van der Waals surface area contributed by atoms with Crippen molar-refractivity contribution in [1.29, 1.82) is 0 Å². The van der Waals surface area contributed by atoms with E-state index in [1.165, 1.54) is 0 Å². The first-order valence-electron chi connectivity index (χ1n) is 6.96. The number of fused-ring (bicyclic) bond motifs is 1. The largest absolute Gasteiger partial charge is 0.483 e. The minimum atomic E-state index is -0.202. The smallest absolute Gasteiger partial charge is 0.169 e. The topological polar surface area (TPSA) is 44.5 Å². The van der Waals surface area contributed by atoms with E-state index in [-0.39, 0.29) is 5.60 Å². The van der Waals surface area contributed by atoms with Gasteiger partial charge in [-0.2, -0.15) is 0 Å². The third-order valence-electron chi connectivity index (χ3n) is 3.55. The Bertz CT molecular complexity index is 682. The molecule has 0 bridgehead atoms. The van der Waals surface area contributed by atoms with E-state index in [1.807, 2.05) is 30.3 Å². The average molecular weight is 304 g/mol. The Morgan fingerprint density at radius 1 is 1.19 bits per heavy atom. The van der Waals surface area contributed by atoms with Gasteiger partial charge in [-0.25, -0.2) is 0 Å². The Kier molecular flexibility index (Phi) is 3.56. The van der Waals surface area contributed by atoms with E-state index >= 15 is 0 Å². The van der Waals surface area contributed by atoms with Gasteiger partial charge in [-0.15, -0.1) is 0 Å². The third-order valence-corrected chi connectivity index (χ3v) is 3.91. The second-order valence-electron chi connectivity index (χ2n) is 5.81. The van der Waals surface area contributed by atoms with Crippen molar-refractivity contribution in [2.45, 2.75) is 32.4 Å². The van der Waals surface area contributed by atoms with Gasteiger partial charge in [0, 0.05) is 29.1 Å². The highest BCUT2D eigenvalue weighted by molar-refractivity contribution is 6.31. The summed E-state index contributed by atoms with van der Waals surface area (Å²) in [5.41, 5.74) is 7.52. The summed E-state index contributed by atoms with van der Waals surface area (Å²) in [5, 5.41) is 0.615. The number of ether oxygens (including phenoxy) is 2. The van der Waals surface area contributed by atoms with Crippen molar-refractivity contribution in [2.24, 2.45) is 5.73 Å². The summed E-state index contributed by atoms with van der Waals surface area (Å²) in [6.07, 6.45) is 0.874. The van der Waals surface area contributed by atoms with Gasteiger partial charge in [0.1, 0.15) is 11.4 Å². The molecule has 0 amide bonds. The molecular weight excluding hydrogens is 286 g/mol. The minimum Gasteiger partial charge on any atom is -0.483 e. The molecule has 0 unspecified atom stereocenters. The standard InChI is InChI=1S/C17H18ClNO2/c1-17(2)9-11-5-3-8-15(16(11)21-17)20-14-7-4-6-13(18)12(14)10-19/h3-8H,9-10,19H2,1-2H3. The van der Waals surface area contributed by atoms with Gasteiger partial charge in [0.2, 0.25) is 0 Å². The molecule has 0 aliphatic carbocycles. The molecule has 1 heterocycles.